The molecule has 1 aromatic carbocycles. The molecule has 0 atom stereocenters. The van der Waals surface area contributed by atoms with Gasteiger partial charge < -0.3 is 0 Å². The first-order valence-corrected chi connectivity index (χ1v) is 8.77. The van der Waals surface area contributed by atoms with Gasteiger partial charge >= 0.3 is 0 Å². The summed E-state index contributed by atoms with van der Waals surface area (Å²) in [5, 5.41) is 11.8. The Hall–Kier alpha value is -1.46. The highest BCUT2D eigenvalue weighted by Crippen LogP contribution is 2.22. The molecule has 0 aliphatic rings. The van der Waals surface area contributed by atoms with Crippen molar-refractivity contribution >= 4 is 33.0 Å². The zero-order valence-corrected chi connectivity index (χ0v) is 13.5. The van der Waals surface area contributed by atoms with Crippen molar-refractivity contribution < 1.29 is 8.42 Å². The molecular formula is C13H12ClN3O2S2. The maximum absolute atomic E-state index is 12.2. The molecule has 2 rings (SSSR count). The molecule has 0 saturated carbocycles. The molecule has 110 valence electrons. The molecule has 1 heterocycles. The minimum absolute atomic E-state index is 0.0855. The highest BCUT2D eigenvalue weighted by atomic mass is 35.5. The van der Waals surface area contributed by atoms with Gasteiger partial charge in [0.2, 0.25) is 10.0 Å². The van der Waals surface area contributed by atoms with E-state index in [0.29, 0.717) is 6.42 Å². The summed E-state index contributed by atoms with van der Waals surface area (Å²) in [7, 11) is -3.74. The first-order chi connectivity index (χ1) is 9.92. The fraction of sp³-hybridized carbons (Fsp3) is 0.231. The SMILES string of the molecule is Cc1nc(CCNS(=O)(=O)c2cc(C#N)ccc2Cl)cs1. The monoisotopic (exact) mass is 341 g/mol. The quantitative estimate of drug-likeness (QED) is 0.905. The number of nitrogens with one attached hydrogen (secondary N) is 1. The minimum atomic E-state index is -3.74. The van der Waals surface area contributed by atoms with Crippen LogP contribution in [0.5, 0.6) is 0 Å². The van der Waals surface area contributed by atoms with Crippen molar-refractivity contribution in [2.24, 2.45) is 0 Å². The lowest BCUT2D eigenvalue weighted by atomic mass is 10.2. The summed E-state index contributed by atoms with van der Waals surface area (Å²) in [5.41, 5.74) is 1.09. The Bertz CT molecular complexity index is 794. The van der Waals surface area contributed by atoms with Crippen LogP contribution in [0.25, 0.3) is 0 Å². The van der Waals surface area contributed by atoms with Crippen molar-refractivity contribution in [3.05, 3.63) is 44.9 Å². The summed E-state index contributed by atoms with van der Waals surface area (Å²) < 4.78 is 26.9. The van der Waals surface area contributed by atoms with Gasteiger partial charge in [-0.1, -0.05) is 11.6 Å². The second kappa shape index (κ2) is 6.54. The molecular weight excluding hydrogens is 330 g/mol. The van der Waals surface area contributed by atoms with E-state index < -0.39 is 10.0 Å². The molecule has 0 fully saturated rings. The van der Waals surface area contributed by atoms with E-state index in [9.17, 15) is 8.42 Å². The summed E-state index contributed by atoms with van der Waals surface area (Å²) in [6.07, 6.45) is 0.499. The van der Waals surface area contributed by atoms with E-state index in [0.717, 1.165) is 10.7 Å². The highest BCUT2D eigenvalue weighted by Gasteiger charge is 2.18. The molecule has 0 bridgehead atoms. The van der Waals surface area contributed by atoms with Gasteiger partial charge in [-0.3, -0.25) is 0 Å². The molecule has 0 radical (unpaired) electrons. The van der Waals surface area contributed by atoms with E-state index in [1.165, 1.54) is 29.5 Å². The van der Waals surface area contributed by atoms with Crippen molar-refractivity contribution in [3.8, 4) is 6.07 Å². The normalized spacial score (nSPS) is 11.3. The second-order valence-corrected chi connectivity index (χ2v) is 7.47. The maximum atomic E-state index is 12.2. The number of halogens is 1. The third-order valence-electron chi connectivity index (χ3n) is 2.69. The summed E-state index contributed by atoms with van der Waals surface area (Å²) in [4.78, 5) is 4.18. The Kier molecular flexibility index (Phi) is 4.96. The third kappa shape index (κ3) is 4.02. The van der Waals surface area contributed by atoms with Crippen LogP contribution < -0.4 is 4.72 Å². The molecule has 21 heavy (non-hydrogen) atoms. The zero-order chi connectivity index (χ0) is 15.5. The van der Waals surface area contributed by atoms with Crippen molar-refractivity contribution in [1.29, 1.82) is 5.26 Å². The van der Waals surface area contributed by atoms with Crippen LogP contribution in [-0.4, -0.2) is 19.9 Å². The van der Waals surface area contributed by atoms with Gasteiger partial charge in [-0.15, -0.1) is 11.3 Å². The number of hydrogen-bond donors (Lipinski definition) is 1. The van der Waals surface area contributed by atoms with E-state index in [2.05, 4.69) is 9.71 Å². The van der Waals surface area contributed by atoms with Crippen LogP contribution in [0, 0.1) is 18.3 Å². The number of nitriles is 1. The van der Waals surface area contributed by atoms with Crippen LogP contribution in [0.1, 0.15) is 16.3 Å². The van der Waals surface area contributed by atoms with Crippen LogP contribution in [0.4, 0.5) is 0 Å². The number of rotatable bonds is 5. The first-order valence-electron chi connectivity index (χ1n) is 6.03. The van der Waals surface area contributed by atoms with Gasteiger partial charge in [0.15, 0.2) is 0 Å². The lowest BCUT2D eigenvalue weighted by Gasteiger charge is -2.08. The summed E-state index contributed by atoms with van der Waals surface area (Å²) in [6, 6.07) is 6.03. The molecule has 0 spiro atoms. The van der Waals surface area contributed by atoms with Gasteiger partial charge in [0.25, 0.3) is 0 Å². The molecule has 1 N–H and O–H groups in total. The molecule has 1 aromatic heterocycles. The third-order valence-corrected chi connectivity index (χ3v) is 5.45. The van der Waals surface area contributed by atoms with Crippen molar-refractivity contribution in [3.63, 3.8) is 0 Å². The van der Waals surface area contributed by atoms with Gasteiger partial charge in [0.05, 0.1) is 27.4 Å². The van der Waals surface area contributed by atoms with E-state index >= 15 is 0 Å². The van der Waals surface area contributed by atoms with E-state index in [-0.39, 0.29) is 22.0 Å². The topological polar surface area (TPSA) is 82.8 Å². The number of aromatic nitrogens is 1. The van der Waals surface area contributed by atoms with Crippen LogP contribution in [-0.2, 0) is 16.4 Å². The predicted octanol–water partition coefficient (Wildman–Crippen LogP) is 2.50. The maximum Gasteiger partial charge on any atom is 0.242 e. The number of thiazole rings is 1. The minimum Gasteiger partial charge on any atom is -0.247 e. The number of sulfonamides is 1. The van der Waals surface area contributed by atoms with Crippen LogP contribution >= 0.6 is 22.9 Å². The van der Waals surface area contributed by atoms with E-state index in [4.69, 9.17) is 16.9 Å². The van der Waals surface area contributed by atoms with Gasteiger partial charge in [0, 0.05) is 18.3 Å². The number of aryl methyl sites for hydroxylation is 1. The summed E-state index contributed by atoms with van der Waals surface area (Å²) in [6.45, 7) is 2.12. The van der Waals surface area contributed by atoms with Crippen molar-refractivity contribution in [2.75, 3.05) is 6.54 Å². The molecule has 0 amide bonds. The Morgan fingerprint density at radius 1 is 1.48 bits per heavy atom. The lowest BCUT2D eigenvalue weighted by Crippen LogP contribution is -2.26. The molecule has 0 aliphatic heterocycles. The number of hydrogen-bond acceptors (Lipinski definition) is 5. The fourth-order valence-electron chi connectivity index (χ4n) is 1.69. The Balaban J connectivity index is 2.10. The lowest BCUT2D eigenvalue weighted by molar-refractivity contribution is 0.581. The number of benzene rings is 1. The van der Waals surface area contributed by atoms with Crippen LogP contribution in [0.3, 0.4) is 0 Å². The second-order valence-electron chi connectivity index (χ2n) is 4.26. The van der Waals surface area contributed by atoms with E-state index in [1.54, 1.807) is 0 Å². The van der Waals surface area contributed by atoms with Crippen LogP contribution in [0.15, 0.2) is 28.5 Å². The van der Waals surface area contributed by atoms with Crippen molar-refractivity contribution in [1.82, 2.24) is 9.71 Å². The largest absolute Gasteiger partial charge is 0.247 e. The molecule has 5 nitrogen and oxygen atoms in total. The highest BCUT2D eigenvalue weighted by molar-refractivity contribution is 7.89. The van der Waals surface area contributed by atoms with Gasteiger partial charge in [-0.05, 0) is 25.1 Å². The Morgan fingerprint density at radius 3 is 2.86 bits per heavy atom. The average molecular weight is 342 g/mol. The smallest absolute Gasteiger partial charge is 0.242 e. The fourth-order valence-corrected chi connectivity index (χ4v) is 3.90. The summed E-state index contributed by atoms with van der Waals surface area (Å²) >= 11 is 7.42. The van der Waals surface area contributed by atoms with Crippen molar-refractivity contribution in [2.45, 2.75) is 18.2 Å². The van der Waals surface area contributed by atoms with Gasteiger partial charge in [-0.2, -0.15) is 5.26 Å². The molecule has 0 unspecified atom stereocenters. The standard InChI is InChI=1S/C13H12ClN3O2S2/c1-9-17-11(8-20-9)4-5-16-21(18,19)13-6-10(7-15)2-3-12(13)14/h2-3,6,8,16H,4-5H2,1H3. The zero-order valence-electron chi connectivity index (χ0n) is 11.1. The molecule has 8 heteroatoms. The molecule has 2 aromatic rings. The average Bonchev–Trinajstić information content (AvgIpc) is 2.84. The number of nitrogens with zero attached hydrogens (tertiary/aromatic N) is 2. The van der Waals surface area contributed by atoms with Crippen LogP contribution in [0.2, 0.25) is 5.02 Å². The van der Waals surface area contributed by atoms with E-state index in [1.807, 2.05) is 18.4 Å². The first kappa shape index (κ1) is 15.9. The van der Waals surface area contributed by atoms with Gasteiger partial charge in [0.1, 0.15) is 4.90 Å². The Labute approximate surface area is 132 Å². The molecule has 0 aliphatic carbocycles. The Morgan fingerprint density at radius 2 is 2.24 bits per heavy atom. The van der Waals surface area contributed by atoms with Gasteiger partial charge in [-0.25, -0.2) is 18.1 Å². The predicted molar refractivity (Wildman–Crippen MR) is 81.9 cm³/mol. The molecule has 0 saturated heterocycles. The summed E-state index contributed by atoms with van der Waals surface area (Å²) in [5.74, 6) is 0.